The molecule has 2 aliphatic heterocycles. The van der Waals surface area contributed by atoms with Gasteiger partial charge in [0.05, 0.1) is 0 Å². The van der Waals surface area contributed by atoms with E-state index in [9.17, 15) is 0 Å². The molecule has 2 saturated heterocycles. The van der Waals surface area contributed by atoms with Gasteiger partial charge in [0.15, 0.2) is 0 Å². The Morgan fingerprint density at radius 2 is 1.47 bits per heavy atom. The molecule has 0 radical (unpaired) electrons. The predicted molar refractivity (Wildman–Crippen MR) is 68.1 cm³/mol. The topological polar surface area (TPSA) is 0 Å². The molecular formula is C14H19P. The predicted octanol–water partition coefficient (Wildman–Crippen LogP) is 3.61. The molecule has 2 aliphatic rings. The Hall–Kier alpha value is -0.350. The molecule has 0 N–H and O–H groups in total. The summed E-state index contributed by atoms with van der Waals surface area (Å²) in [6.07, 6.45) is 2.98. The average molecular weight is 218 g/mol. The highest BCUT2D eigenvalue weighted by molar-refractivity contribution is 7.67. The highest BCUT2D eigenvalue weighted by Gasteiger charge is 2.49. The van der Waals surface area contributed by atoms with Crippen LogP contribution in [0.5, 0.6) is 0 Å². The second-order valence-electron chi connectivity index (χ2n) is 5.30. The van der Waals surface area contributed by atoms with Crippen molar-refractivity contribution in [1.29, 1.82) is 0 Å². The summed E-state index contributed by atoms with van der Waals surface area (Å²) in [4.78, 5) is 0. The Kier molecular flexibility index (Phi) is 2.36. The van der Waals surface area contributed by atoms with Gasteiger partial charge >= 0.3 is 0 Å². The zero-order valence-corrected chi connectivity index (χ0v) is 10.5. The van der Waals surface area contributed by atoms with Gasteiger partial charge in [-0.25, -0.2) is 0 Å². The van der Waals surface area contributed by atoms with Gasteiger partial charge in [-0.3, -0.25) is 0 Å². The molecule has 15 heavy (non-hydrogen) atoms. The molecular weight excluding hydrogens is 199 g/mol. The van der Waals surface area contributed by atoms with Crippen LogP contribution in [0.4, 0.5) is 0 Å². The van der Waals surface area contributed by atoms with Gasteiger partial charge in [0.1, 0.15) is 0 Å². The first-order valence-electron chi connectivity index (χ1n) is 6.11. The summed E-state index contributed by atoms with van der Waals surface area (Å²) in [5.41, 5.74) is 2.06. The second kappa shape index (κ2) is 3.59. The van der Waals surface area contributed by atoms with Crippen LogP contribution in [-0.4, -0.2) is 11.3 Å². The van der Waals surface area contributed by atoms with Gasteiger partial charge in [0, 0.05) is 0 Å². The summed E-state index contributed by atoms with van der Waals surface area (Å²) >= 11 is 0. The zero-order valence-electron chi connectivity index (χ0n) is 9.56. The molecule has 2 heterocycles. The van der Waals surface area contributed by atoms with Gasteiger partial charge < -0.3 is 0 Å². The van der Waals surface area contributed by atoms with Crippen LogP contribution in [0.1, 0.15) is 26.7 Å². The van der Waals surface area contributed by atoms with E-state index in [1.54, 1.807) is 5.30 Å². The summed E-state index contributed by atoms with van der Waals surface area (Å²) in [5.74, 6) is 1.97. The van der Waals surface area contributed by atoms with Crippen molar-refractivity contribution in [1.82, 2.24) is 0 Å². The highest BCUT2D eigenvalue weighted by atomic mass is 31.1. The standard InChI is InChI=1S/C14H19P/c1-10-8-14-11(2)9-13(10)15(14)12-6-4-3-5-7-12/h3-7,10-11,13-14H,8-9H2,1-2H3/t10-,11-,13?,14?,15?/m0/s1. The third-order valence-electron chi connectivity index (χ3n) is 4.31. The lowest BCUT2D eigenvalue weighted by molar-refractivity contribution is 0.365. The Balaban J connectivity index is 1.95. The molecule has 0 saturated carbocycles. The van der Waals surface area contributed by atoms with Crippen molar-refractivity contribution in [2.24, 2.45) is 11.8 Å². The first-order valence-corrected chi connectivity index (χ1v) is 7.59. The SMILES string of the molecule is C[C@H]1CC2[C@@H](C)CC1P2c1ccccc1. The van der Waals surface area contributed by atoms with Crippen molar-refractivity contribution in [3.05, 3.63) is 30.3 Å². The van der Waals surface area contributed by atoms with E-state index < -0.39 is 0 Å². The fourth-order valence-electron chi connectivity index (χ4n) is 3.55. The number of rotatable bonds is 1. The van der Waals surface area contributed by atoms with E-state index in [0.717, 1.165) is 23.2 Å². The van der Waals surface area contributed by atoms with E-state index in [4.69, 9.17) is 0 Å². The smallest absolute Gasteiger partial charge is 0.0138 e. The summed E-state index contributed by atoms with van der Waals surface area (Å²) in [6.45, 7) is 4.93. The summed E-state index contributed by atoms with van der Waals surface area (Å²) in [6, 6.07) is 11.3. The van der Waals surface area contributed by atoms with Gasteiger partial charge in [-0.2, -0.15) is 0 Å². The van der Waals surface area contributed by atoms with E-state index in [1.807, 2.05) is 0 Å². The van der Waals surface area contributed by atoms with Crippen LogP contribution in [0.15, 0.2) is 30.3 Å². The van der Waals surface area contributed by atoms with Crippen molar-refractivity contribution < 1.29 is 0 Å². The van der Waals surface area contributed by atoms with E-state index in [1.165, 1.54) is 12.8 Å². The monoisotopic (exact) mass is 218 g/mol. The van der Waals surface area contributed by atoms with Crippen molar-refractivity contribution in [3.63, 3.8) is 0 Å². The molecule has 0 amide bonds. The summed E-state index contributed by atoms with van der Waals surface area (Å²) in [5, 5.41) is 1.66. The Morgan fingerprint density at radius 3 is 2.00 bits per heavy atom. The van der Waals surface area contributed by atoms with Gasteiger partial charge in [0.2, 0.25) is 0 Å². The van der Waals surface area contributed by atoms with E-state index >= 15 is 0 Å². The molecule has 1 aromatic rings. The lowest BCUT2D eigenvalue weighted by Crippen LogP contribution is -2.18. The Labute approximate surface area is 93.8 Å². The maximum atomic E-state index is 2.47. The fourth-order valence-corrected chi connectivity index (χ4v) is 7.78. The molecule has 2 bridgehead atoms. The summed E-state index contributed by atoms with van der Waals surface area (Å²) in [7, 11) is 0.170. The zero-order chi connectivity index (χ0) is 10.4. The van der Waals surface area contributed by atoms with Crippen LogP contribution in [0.25, 0.3) is 0 Å². The molecule has 2 fully saturated rings. The quantitative estimate of drug-likeness (QED) is 0.632. The van der Waals surface area contributed by atoms with Crippen molar-refractivity contribution >= 4 is 13.2 Å². The Morgan fingerprint density at radius 1 is 0.933 bits per heavy atom. The van der Waals surface area contributed by atoms with Crippen molar-refractivity contribution in [2.45, 2.75) is 38.0 Å². The number of benzene rings is 1. The van der Waals surface area contributed by atoms with Crippen LogP contribution in [-0.2, 0) is 0 Å². The largest absolute Gasteiger partial charge is 0.0684 e. The van der Waals surface area contributed by atoms with E-state index in [0.29, 0.717) is 0 Å². The van der Waals surface area contributed by atoms with Gasteiger partial charge in [-0.1, -0.05) is 52.1 Å². The number of fused-ring (bicyclic) bond motifs is 2. The molecule has 2 unspecified atom stereocenters. The molecule has 0 aliphatic carbocycles. The normalized spacial score (nSPS) is 43.5. The molecule has 0 nitrogen and oxygen atoms in total. The van der Waals surface area contributed by atoms with Crippen LogP contribution in [0.3, 0.4) is 0 Å². The maximum Gasteiger partial charge on any atom is -0.0138 e. The lowest BCUT2D eigenvalue weighted by Gasteiger charge is -2.20. The second-order valence-corrected chi connectivity index (χ2v) is 7.96. The highest BCUT2D eigenvalue weighted by Crippen LogP contribution is 2.67. The molecule has 0 aromatic heterocycles. The van der Waals surface area contributed by atoms with Gasteiger partial charge in [0.25, 0.3) is 0 Å². The minimum atomic E-state index is 0.170. The first kappa shape index (κ1) is 9.85. The van der Waals surface area contributed by atoms with Crippen molar-refractivity contribution in [3.8, 4) is 0 Å². The van der Waals surface area contributed by atoms with Gasteiger partial charge in [-0.15, -0.1) is 0 Å². The number of hydrogen-bond acceptors (Lipinski definition) is 0. The van der Waals surface area contributed by atoms with Gasteiger partial charge in [-0.05, 0) is 41.3 Å². The average Bonchev–Trinajstić information content (AvgIpc) is 2.73. The molecule has 0 spiro atoms. The molecule has 4 atom stereocenters. The first-order chi connectivity index (χ1) is 7.27. The van der Waals surface area contributed by atoms with Crippen molar-refractivity contribution in [2.75, 3.05) is 0 Å². The third kappa shape index (κ3) is 1.46. The maximum absolute atomic E-state index is 2.47. The molecule has 3 rings (SSSR count). The Bertz CT molecular complexity index is 330. The fraction of sp³-hybridized carbons (Fsp3) is 0.571. The van der Waals surface area contributed by atoms with E-state index in [-0.39, 0.29) is 7.92 Å². The number of hydrogen-bond donors (Lipinski definition) is 0. The van der Waals surface area contributed by atoms with Crippen LogP contribution in [0, 0.1) is 11.8 Å². The molecule has 1 heteroatoms. The summed E-state index contributed by atoms with van der Waals surface area (Å²) < 4.78 is 0. The lowest BCUT2D eigenvalue weighted by atomic mass is 9.84. The van der Waals surface area contributed by atoms with Crippen LogP contribution >= 0.6 is 7.92 Å². The molecule has 80 valence electrons. The third-order valence-corrected chi connectivity index (χ3v) is 8.07. The van der Waals surface area contributed by atoms with Crippen LogP contribution in [0.2, 0.25) is 0 Å². The van der Waals surface area contributed by atoms with E-state index in [2.05, 4.69) is 44.2 Å². The molecule has 1 aromatic carbocycles. The van der Waals surface area contributed by atoms with Crippen LogP contribution < -0.4 is 5.30 Å². The minimum Gasteiger partial charge on any atom is -0.0684 e. The minimum absolute atomic E-state index is 0.170.